The molecule has 1 unspecified atom stereocenters. The molecule has 0 radical (unpaired) electrons. The van der Waals surface area contributed by atoms with E-state index in [1.165, 1.54) is 25.7 Å². The first kappa shape index (κ1) is 13.5. The first-order chi connectivity index (χ1) is 8.38. The van der Waals surface area contributed by atoms with Gasteiger partial charge in [-0.1, -0.05) is 45.7 Å². The Hall–Kier alpha value is -0.900. The summed E-state index contributed by atoms with van der Waals surface area (Å²) < 4.78 is 5.35. The van der Waals surface area contributed by atoms with Crippen molar-refractivity contribution in [2.75, 3.05) is 0 Å². The molecule has 0 amide bonds. The van der Waals surface area contributed by atoms with Crippen LogP contribution in [0.3, 0.4) is 0 Å². The molecule has 0 saturated heterocycles. The molecule has 102 valence electrons. The average Bonchev–Trinajstić information content (AvgIpc) is 2.77. The SMILES string of the molecule is CC1CCC(c2noc(C(N)C(C)(C)C)n2)CC1. The Morgan fingerprint density at radius 2 is 1.83 bits per heavy atom. The van der Waals surface area contributed by atoms with E-state index in [2.05, 4.69) is 37.8 Å². The Kier molecular flexibility index (Phi) is 3.76. The Balaban J connectivity index is 2.06. The normalized spacial score (nSPS) is 27.2. The van der Waals surface area contributed by atoms with Crippen LogP contribution >= 0.6 is 0 Å². The largest absolute Gasteiger partial charge is 0.338 e. The summed E-state index contributed by atoms with van der Waals surface area (Å²) in [6.07, 6.45) is 4.87. The van der Waals surface area contributed by atoms with Crippen LogP contribution in [0.25, 0.3) is 0 Å². The van der Waals surface area contributed by atoms with Crippen molar-refractivity contribution in [3.8, 4) is 0 Å². The lowest BCUT2D eigenvalue weighted by atomic mass is 9.82. The van der Waals surface area contributed by atoms with E-state index in [1.54, 1.807) is 0 Å². The van der Waals surface area contributed by atoms with Crippen LogP contribution in [0.1, 0.15) is 77.1 Å². The van der Waals surface area contributed by atoms with Crippen LogP contribution in [0.4, 0.5) is 0 Å². The van der Waals surface area contributed by atoms with Crippen molar-refractivity contribution in [1.82, 2.24) is 10.1 Å². The van der Waals surface area contributed by atoms with Crippen LogP contribution in [0.2, 0.25) is 0 Å². The average molecular weight is 251 g/mol. The first-order valence-electron chi connectivity index (χ1n) is 6.97. The molecular weight excluding hydrogens is 226 g/mol. The Bertz CT molecular complexity index is 386. The van der Waals surface area contributed by atoms with Crippen LogP contribution in [-0.2, 0) is 0 Å². The third kappa shape index (κ3) is 2.91. The van der Waals surface area contributed by atoms with Gasteiger partial charge in [0.25, 0.3) is 0 Å². The van der Waals surface area contributed by atoms with Gasteiger partial charge in [-0.25, -0.2) is 0 Å². The monoisotopic (exact) mass is 251 g/mol. The fourth-order valence-corrected chi connectivity index (χ4v) is 2.43. The van der Waals surface area contributed by atoms with Crippen molar-refractivity contribution in [2.45, 2.75) is 65.3 Å². The van der Waals surface area contributed by atoms with Gasteiger partial charge in [0.1, 0.15) is 0 Å². The Morgan fingerprint density at radius 1 is 1.22 bits per heavy atom. The molecule has 1 fully saturated rings. The maximum atomic E-state index is 6.14. The minimum absolute atomic E-state index is 0.0507. The molecule has 0 aromatic carbocycles. The van der Waals surface area contributed by atoms with Crippen LogP contribution in [0.5, 0.6) is 0 Å². The van der Waals surface area contributed by atoms with Crippen molar-refractivity contribution in [1.29, 1.82) is 0 Å². The van der Waals surface area contributed by atoms with E-state index in [0.29, 0.717) is 11.8 Å². The van der Waals surface area contributed by atoms with Gasteiger partial charge < -0.3 is 10.3 Å². The summed E-state index contributed by atoms with van der Waals surface area (Å²) in [6.45, 7) is 8.57. The first-order valence-corrected chi connectivity index (χ1v) is 6.97. The summed E-state index contributed by atoms with van der Waals surface area (Å²) >= 11 is 0. The molecule has 4 nitrogen and oxygen atoms in total. The molecule has 1 aromatic heterocycles. The smallest absolute Gasteiger partial charge is 0.244 e. The molecule has 1 aliphatic rings. The van der Waals surface area contributed by atoms with E-state index in [4.69, 9.17) is 10.3 Å². The van der Waals surface area contributed by atoms with E-state index in [1.807, 2.05) is 0 Å². The van der Waals surface area contributed by atoms with Crippen molar-refractivity contribution in [3.05, 3.63) is 11.7 Å². The molecule has 2 N–H and O–H groups in total. The molecule has 18 heavy (non-hydrogen) atoms. The predicted molar refractivity (Wildman–Crippen MR) is 71.1 cm³/mol. The zero-order chi connectivity index (χ0) is 13.3. The van der Waals surface area contributed by atoms with Gasteiger partial charge in [-0.2, -0.15) is 4.98 Å². The van der Waals surface area contributed by atoms with Gasteiger partial charge in [-0.05, 0) is 24.2 Å². The molecule has 0 aliphatic heterocycles. The van der Waals surface area contributed by atoms with E-state index >= 15 is 0 Å². The highest BCUT2D eigenvalue weighted by atomic mass is 16.5. The maximum absolute atomic E-state index is 6.14. The standard InChI is InChI=1S/C14H25N3O/c1-9-5-7-10(8-6-9)12-16-13(18-17-12)11(15)14(2,3)4/h9-11H,5-8,15H2,1-4H3. The number of nitrogens with two attached hydrogens (primary N) is 1. The topological polar surface area (TPSA) is 64.9 Å². The third-order valence-electron chi connectivity index (χ3n) is 4.04. The fraction of sp³-hybridized carbons (Fsp3) is 0.857. The minimum Gasteiger partial charge on any atom is -0.338 e. The number of nitrogens with zero attached hydrogens (tertiary/aromatic N) is 2. The molecule has 4 heteroatoms. The van der Waals surface area contributed by atoms with E-state index in [0.717, 1.165) is 11.7 Å². The lowest BCUT2D eigenvalue weighted by Gasteiger charge is -2.24. The molecule has 0 spiro atoms. The van der Waals surface area contributed by atoms with Gasteiger partial charge in [0.2, 0.25) is 5.89 Å². The molecular formula is C14H25N3O. The minimum atomic E-state index is -0.193. The van der Waals surface area contributed by atoms with Crippen LogP contribution in [-0.4, -0.2) is 10.1 Å². The molecule has 1 aliphatic carbocycles. The summed E-state index contributed by atoms with van der Waals surface area (Å²) in [7, 11) is 0. The molecule has 0 bridgehead atoms. The highest BCUT2D eigenvalue weighted by Gasteiger charge is 2.30. The lowest BCUT2D eigenvalue weighted by Crippen LogP contribution is -2.26. The van der Waals surface area contributed by atoms with Crippen molar-refractivity contribution in [2.24, 2.45) is 17.1 Å². The Labute approximate surface area is 109 Å². The molecule has 1 atom stereocenters. The number of aromatic nitrogens is 2. The highest BCUT2D eigenvalue weighted by molar-refractivity contribution is 5.01. The Morgan fingerprint density at radius 3 is 2.39 bits per heavy atom. The lowest BCUT2D eigenvalue weighted by molar-refractivity contribution is 0.251. The quantitative estimate of drug-likeness (QED) is 0.874. The summed E-state index contributed by atoms with van der Waals surface area (Å²) in [5.74, 6) is 2.74. The van der Waals surface area contributed by atoms with Crippen LogP contribution in [0, 0.1) is 11.3 Å². The van der Waals surface area contributed by atoms with Crippen LogP contribution in [0.15, 0.2) is 4.52 Å². The zero-order valence-electron chi connectivity index (χ0n) is 11.9. The number of hydrogen-bond donors (Lipinski definition) is 1. The van der Waals surface area contributed by atoms with Crippen molar-refractivity contribution in [3.63, 3.8) is 0 Å². The number of rotatable bonds is 2. The van der Waals surface area contributed by atoms with Gasteiger partial charge in [0.15, 0.2) is 5.82 Å². The van der Waals surface area contributed by atoms with Crippen LogP contribution < -0.4 is 5.73 Å². The zero-order valence-corrected chi connectivity index (χ0v) is 11.9. The summed E-state index contributed by atoms with van der Waals surface area (Å²) in [5, 5.41) is 4.13. The molecule has 1 aromatic rings. The summed E-state index contributed by atoms with van der Waals surface area (Å²) in [4.78, 5) is 4.52. The van der Waals surface area contributed by atoms with Gasteiger partial charge in [-0.3, -0.25) is 0 Å². The third-order valence-corrected chi connectivity index (χ3v) is 4.04. The van der Waals surface area contributed by atoms with Crippen molar-refractivity contribution >= 4 is 0 Å². The molecule has 1 heterocycles. The molecule has 1 saturated carbocycles. The molecule has 2 rings (SSSR count). The summed E-state index contributed by atoms with van der Waals surface area (Å²) in [6, 6.07) is -0.193. The van der Waals surface area contributed by atoms with E-state index < -0.39 is 0 Å². The van der Waals surface area contributed by atoms with Gasteiger partial charge in [0.05, 0.1) is 6.04 Å². The fourth-order valence-electron chi connectivity index (χ4n) is 2.43. The predicted octanol–water partition coefficient (Wildman–Crippen LogP) is 3.41. The second-order valence-electron chi connectivity index (χ2n) is 6.79. The van der Waals surface area contributed by atoms with Gasteiger partial charge >= 0.3 is 0 Å². The van der Waals surface area contributed by atoms with Crippen molar-refractivity contribution < 1.29 is 4.52 Å². The van der Waals surface area contributed by atoms with E-state index in [-0.39, 0.29) is 11.5 Å². The maximum Gasteiger partial charge on any atom is 0.244 e. The van der Waals surface area contributed by atoms with Gasteiger partial charge in [0, 0.05) is 5.92 Å². The van der Waals surface area contributed by atoms with Gasteiger partial charge in [-0.15, -0.1) is 0 Å². The van der Waals surface area contributed by atoms with E-state index in [9.17, 15) is 0 Å². The second kappa shape index (κ2) is 5.00. The number of hydrogen-bond acceptors (Lipinski definition) is 4. The summed E-state index contributed by atoms with van der Waals surface area (Å²) in [5.41, 5.74) is 6.09. The second-order valence-corrected chi connectivity index (χ2v) is 6.79. The highest BCUT2D eigenvalue weighted by Crippen LogP contribution is 2.35.